The first kappa shape index (κ1) is 16.8. The van der Waals surface area contributed by atoms with Crippen molar-refractivity contribution in [1.82, 2.24) is 19.3 Å². The predicted octanol–water partition coefficient (Wildman–Crippen LogP) is 1.33. The topological polar surface area (TPSA) is 105 Å². The number of benzene rings is 1. The van der Waals surface area contributed by atoms with Crippen LogP contribution in [0.25, 0.3) is 11.0 Å². The Balaban J connectivity index is 1.92. The molecule has 0 bridgehead atoms. The molecule has 1 unspecified atom stereocenters. The quantitative estimate of drug-likeness (QED) is 0.870. The third-order valence-electron chi connectivity index (χ3n) is 4.29. The van der Waals surface area contributed by atoms with Gasteiger partial charge in [-0.2, -0.15) is 4.31 Å². The minimum atomic E-state index is -3.73. The Labute approximate surface area is 140 Å². The van der Waals surface area contributed by atoms with Crippen LogP contribution >= 0.6 is 0 Å². The zero-order valence-corrected chi connectivity index (χ0v) is 14.2. The Morgan fingerprint density at radius 3 is 2.92 bits per heavy atom. The number of hydrogen-bond donors (Lipinski definition) is 1. The molecule has 1 aliphatic rings. The average Bonchev–Trinajstić information content (AvgIpc) is 2.98. The van der Waals surface area contributed by atoms with E-state index in [9.17, 15) is 13.2 Å². The molecule has 8 nitrogen and oxygen atoms in total. The number of hydrogen-bond acceptors (Lipinski definition) is 5. The van der Waals surface area contributed by atoms with Gasteiger partial charge in [-0.05, 0) is 37.5 Å². The van der Waals surface area contributed by atoms with Crippen molar-refractivity contribution in [1.29, 1.82) is 0 Å². The van der Waals surface area contributed by atoms with E-state index in [0.29, 0.717) is 24.9 Å². The monoisotopic (exact) mass is 352 g/mol. The van der Waals surface area contributed by atoms with Gasteiger partial charge in [-0.15, -0.1) is 5.10 Å². The fourth-order valence-electron chi connectivity index (χ4n) is 3.00. The summed E-state index contributed by atoms with van der Waals surface area (Å²) in [6.07, 6.45) is 1.96. The highest BCUT2D eigenvalue weighted by Crippen LogP contribution is 2.25. The molecule has 130 valence electrons. The molecule has 1 aromatic carbocycles. The molecule has 1 fully saturated rings. The van der Waals surface area contributed by atoms with Crippen molar-refractivity contribution in [3.63, 3.8) is 0 Å². The number of piperidine rings is 1. The van der Waals surface area contributed by atoms with Crippen molar-refractivity contribution < 1.29 is 18.3 Å². The normalized spacial score (nSPS) is 19.6. The molecule has 1 aromatic heterocycles. The maximum atomic E-state index is 12.8. The van der Waals surface area contributed by atoms with Crippen LogP contribution < -0.4 is 0 Å². The van der Waals surface area contributed by atoms with Crippen LogP contribution in [0.2, 0.25) is 0 Å². The summed E-state index contributed by atoms with van der Waals surface area (Å²) in [4.78, 5) is 11.3. The summed E-state index contributed by atoms with van der Waals surface area (Å²) in [5.74, 6) is -1.60. The van der Waals surface area contributed by atoms with E-state index in [1.807, 2.05) is 6.92 Å². The van der Waals surface area contributed by atoms with E-state index in [0.717, 1.165) is 18.5 Å². The lowest BCUT2D eigenvalue weighted by Crippen LogP contribution is -2.42. The van der Waals surface area contributed by atoms with Crippen LogP contribution in [0.5, 0.6) is 0 Å². The molecule has 1 atom stereocenters. The maximum Gasteiger partial charge on any atom is 0.307 e. The fourth-order valence-corrected chi connectivity index (χ4v) is 4.55. The first-order valence-electron chi connectivity index (χ1n) is 7.99. The van der Waals surface area contributed by atoms with Crippen LogP contribution in [0.1, 0.15) is 26.2 Å². The third-order valence-corrected chi connectivity index (χ3v) is 6.15. The number of aryl methyl sites for hydroxylation is 1. The zero-order valence-electron chi connectivity index (χ0n) is 13.4. The summed E-state index contributed by atoms with van der Waals surface area (Å²) >= 11 is 0. The molecule has 0 amide bonds. The van der Waals surface area contributed by atoms with Crippen molar-refractivity contribution in [2.75, 3.05) is 13.1 Å². The molecule has 3 rings (SSSR count). The molecule has 0 saturated carbocycles. The smallest absolute Gasteiger partial charge is 0.307 e. The van der Waals surface area contributed by atoms with E-state index in [1.54, 1.807) is 10.7 Å². The summed E-state index contributed by atoms with van der Waals surface area (Å²) in [7, 11) is -3.73. The fraction of sp³-hybridized carbons (Fsp3) is 0.533. The van der Waals surface area contributed by atoms with E-state index < -0.39 is 21.9 Å². The van der Waals surface area contributed by atoms with Crippen molar-refractivity contribution in [2.45, 2.75) is 37.6 Å². The van der Waals surface area contributed by atoms with Gasteiger partial charge >= 0.3 is 5.97 Å². The number of fused-ring (bicyclic) bond motifs is 1. The number of carbonyl (C=O) groups is 1. The highest BCUT2D eigenvalue weighted by Gasteiger charge is 2.33. The van der Waals surface area contributed by atoms with Gasteiger partial charge in [-0.1, -0.05) is 12.1 Å². The minimum absolute atomic E-state index is 0.0121. The number of carboxylic acids is 1. The Bertz CT molecular complexity index is 861. The van der Waals surface area contributed by atoms with E-state index >= 15 is 0 Å². The summed E-state index contributed by atoms with van der Waals surface area (Å²) in [5.41, 5.74) is 1.31. The highest BCUT2D eigenvalue weighted by atomic mass is 32.2. The molecular weight excluding hydrogens is 332 g/mol. The summed E-state index contributed by atoms with van der Waals surface area (Å²) < 4.78 is 28.6. The van der Waals surface area contributed by atoms with Crippen LogP contribution in [-0.2, 0) is 21.4 Å². The number of rotatable bonds is 5. The molecule has 24 heavy (non-hydrogen) atoms. The second-order valence-corrected chi connectivity index (χ2v) is 7.94. The number of aromatic nitrogens is 3. The largest absolute Gasteiger partial charge is 0.481 e. The molecule has 2 heterocycles. The van der Waals surface area contributed by atoms with Gasteiger partial charge in [0.2, 0.25) is 10.0 Å². The molecule has 1 N–H and O–H groups in total. The van der Waals surface area contributed by atoms with E-state index in [2.05, 4.69) is 10.3 Å². The van der Waals surface area contributed by atoms with Gasteiger partial charge in [0.25, 0.3) is 0 Å². The van der Waals surface area contributed by atoms with Gasteiger partial charge in [-0.3, -0.25) is 4.79 Å². The highest BCUT2D eigenvalue weighted by molar-refractivity contribution is 7.89. The van der Waals surface area contributed by atoms with E-state index in [-0.39, 0.29) is 11.4 Å². The Morgan fingerprint density at radius 2 is 2.21 bits per heavy atom. The second-order valence-electron chi connectivity index (χ2n) is 6.00. The van der Waals surface area contributed by atoms with Gasteiger partial charge in [0.15, 0.2) is 0 Å². The Hall–Kier alpha value is -2.00. The lowest BCUT2D eigenvalue weighted by atomic mass is 10.0. The third kappa shape index (κ3) is 3.01. The summed E-state index contributed by atoms with van der Waals surface area (Å²) in [6.45, 7) is 3.10. The molecule has 1 saturated heterocycles. The molecular formula is C15H20N4O4S. The van der Waals surface area contributed by atoms with Gasteiger partial charge in [-0.25, -0.2) is 13.1 Å². The number of nitrogens with zero attached hydrogens (tertiary/aromatic N) is 4. The number of aliphatic carboxylic acids is 1. The number of sulfonamides is 1. The first-order valence-corrected chi connectivity index (χ1v) is 9.43. The van der Waals surface area contributed by atoms with Gasteiger partial charge < -0.3 is 5.11 Å². The maximum absolute atomic E-state index is 12.8. The summed E-state index contributed by atoms with van der Waals surface area (Å²) in [5, 5.41) is 17.2. The predicted molar refractivity (Wildman–Crippen MR) is 86.9 cm³/mol. The average molecular weight is 352 g/mol. The van der Waals surface area contributed by atoms with Crippen molar-refractivity contribution >= 4 is 27.0 Å². The van der Waals surface area contributed by atoms with E-state index in [4.69, 9.17) is 5.11 Å². The molecule has 1 aliphatic heterocycles. The van der Waals surface area contributed by atoms with Crippen molar-refractivity contribution in [2.24, 2.45) is 5.92 Å². The van der Waals surface area contributed by atoms with Crippen molar-refractivity contribution in [3.8, 4) is 0 Å². The molecule has 2 aromatic rings. The Kier molecular flexibility index (Phi) is 4.55. The van der Waals surface area contributed by atoms with Gasteiger partial charge in [0.1, 0.15) is 5.52 Å². The zero-order chi connectivity index (χ0) is 17.3. The summed E-state index contributed by atoms with van der Waals surface area (Å²) in [6, 6.07) is 4.75. The number of carboxylic acid groups (broad SMARTS) is 1. The van der Waals surface area contributed by atoms with Crippen LogP contribution in [0, 0.1) is 5.92 Å². The SMILES string of the molecule is CCCn1nnc2cc(S(=O)(=O)N3CCCC(C(=O)O)C3)ccc21. The van der Waals surface area contributed by atoms with Crippen LogP contribution in [0.4, 0.5) is 0 Å². The van der Waals surface area contributed by atoms with Crippen LogP contribution in [0.3, 0.4) is 0 Å². The molecule has 0 spiro atoms. The second kappa shape index (κ2) is 6.48. The first-order chi connectivity index (χ1) is 11.4. The van der Waals surface area contributed by atoms with E-state index in [1.165, 1.54) is 16.4 Å². The van der Waals surface area contributed by atoms with Crippen LogP contribution in [0.15, 0.2) is 23.1 Å². The van der Waals surface area contributed by atoms with Crippen LogP contribution in [-0.4, -0.2) is 51.9 Å². The minimum Gasteiger partial charge on any atom is -0.481 e. The lowest BCUT2D eigenvalue weighted by molar-refractivity contribution is -0.142. The molecule has 0 radical (unpaired) electrons. The molecule has 0 aliphatic carbocycles. The lowest BCUT2D eigenvalue weighted by Gasteiger charge is -2.29. The molecule has 9 heteroatoms. The van der Waals surface area contributed by atoms with Gasteiger partial charge in [0, 0.05) is 19.6 Å². The Morgan fingerprint density at radius 1 is 1.42 bits per heavy atom. The van der Waals surface area contributed by atoms with Gasteiger partial charge in [0.05, 0.1) is 16.3 Å². The standard InChI is InChI=1S/C15H20N4O4S/c1-2-7-19-14-6-5-12(9-13(14)16-17-19)24(22,23)18-8-3-4-11(10-18)15(20)21/h5-6,9,11H,2-4,7-8,10H2,1H3,(H,20,21). The van der Waals surface area contributed by atoms with Crippen molar-refractivity contribution in [3.05, 3.63) is 18.2 Å².